The number of aryl methyl sites for hydroxylation is 1. The highest BCUT2D eigenvalue weighted by Gasteiger charge is 2.28. The zero-order valence-corrected chi connectivity index (χ0v) is 19.8. The maximum absolute atomic E-state index is 13.0. The molecule has 1 amide bonds. The van der Waals surface area contributed by atoms with Crippen LogP contribution in [0.5, 0.6) is 23.1 Å². The lowest BCUT2D eigenvalue weighted by atomic mass is 9.97. The van der Waals surface area contributed by atoms with Crippen molar-refractivity contribution in [3.63, 3.8) is 0 Å². The second-order valence-electron chi connectivity index (χ2n) is 8.29. The largest absolute Gasteiger partial charge is 0.493 e. The molecule has 34 heavy (non-hydrogen) atoms. The molecule has 0 radical (unpaired) electrons. The number of nitrogens with one attached hydrogen (secondary N) is 1. The van der Waals surface area contributed by atoms with Crippen molar-refractivity contribution >= 4 is 11.7 Å². The van der Waals surface area contributed by atoms with Crippen LogP contribution in [0.1, 0.15) is 24.0 Å². The number of hydrogen-bond acceptors (Lipinski definition) is 7. The van der Waals surface area contributed by atoms with Crippen molar-refractivity contribution in [3.8, 4) is 23.1 Å². The van der Waals surface area contributed by atoms with E-state index in [9.17, 15) is 4.79 Å². The molecule has 0 unspecified atom stereocenters. The Balaban J connectivity index is 1.40. The first kappa shape index (κ1) is 23.4. The summed E-state index contributed by atoms with van der Waals surface area (Å²) >= 11 is 0. The third-order valence-corrected chi connectivity index (χ3v) is 5.89. The van der Waals surface area contributed by atoms with Crippen molar-refractivity contribution < 1.29 is 19.0 Å². The van der Waals surface area contributed by atoms with Crippen LogP contribution in [0, 0.1) is 12.8 Å². The van der Waals surface area contributed by atoms with Gasteiger partial charge in [0.15, 0.2) is 17.3 Å². The van der Waals surface area contributed by atoms with Gasteiger partial charge in [-0.05, 0) is 49.6 Å². The number of carbonyl (C=O) groups is 1. The number of methoxy groups -OCH3 is 2. The van der Waals surface area contributed by atoms with Crippen LogP contribution >= 0.6 is 0 Å². The Labute approximate surface area is 199 Å². The first-order valence-electron chi connectivity index (χ1n) is 11.4. The summed E-state index contributed by atoms with van der Waals surface area (Å²) in [5.41, 5.74) is 2.10. The van der Waals surface area contributed by atoms with Gasteiger partial charge in [0.2, 0.25) is 5.91 Å². The molecule has 1 atom stereocenters. The number of piperidine rings is 1. The Morgan fingerprint density at radius 1 is 1.06 bits per heavy atom. The molecule has 178 valence electrons. The van der Waals surface area contributed by atoms with Crippen molar-refractivity contribution in [1.82, 2.24) is 15.3 Å². The van der Waals surface area contributed by atoms with Crippen LogP contribution in [0.4, 0.5) is 5.82 Å². The predicted octanol–water partition coefficient (Wildman–Crippen LogP) is 4.13. The number of anilines is 1. The molecule has 0 spiro atoms. The second-order valence-corrected chi connectivity index (χ2v) is 8.29. The van der Waals surface area contributed by atoms with E-state index < -0.39 is 0 Å². The van der Waals surface area contributed by atoms with E-state index in [4.69, 9.17) is 14.2 Å². The lowest BCUT2D eigenvalue weighted by Gasteiger charge is -2.33. The van der Waals surface area contributed by atoms with Crippen LogP contribution in [0.25, 0.3) is 0 Å². The number of benzene rings is 2. The average Bonchev–Trinajstić information content (AvgIpc) is 2.88. The molecule has 0 saturated carbocycles. The summed E-state index contributed by atoms with van der Waals surface area (Å²) in [6.45, 7) is 3.80. The highest BCUT2D eigenvalue weighted by atomic mass is 16.5. The molecule has 8 heteroatoms. The van der Waals surface area contributed by atoms with E-state index >= 15 is 0 Å². The van der Waals surface area contributed by atoms with Gasteiger partial charge in [0.05, 0.1) is 20.1 Å². The summed E-state index contributed by atoms with van der Waals surface area (Å²) in [6, 6.07) is 13.4. The molecule has 1 aliphatic rings. The summed E-state index contributed by atoms with van der Waals surface area (Å²) in [5.74, 6) is 2.97. The summed E-state index contributed by atoms with van der Waals surface area (Å²) in [6.07, 6.45) is 4.97. The van der Waals surface area contributed by atoms with Crippen molar-refractivity contribution in [2.75, 3.05) is 32.2 Å². The molecule has 1 aromatic heterocycles. The standard InChI is InChI=1S/C26H30N4O4/c1-18-6-9-21(10-7-18)34-26-24(27-12-13-28-26)30-14-4-5-20(17-30)25(31)29-16-19-8-11-22(32-2)23(15-19)33-3/h6-13,15,20H,4-5,14,16-17H2,1-3H3,(H,29,31)/t20-/m0/s1. The Hall–Kier alpha value is -3.81. The van der Waals surface area contributed by atoms with E-state index in [0.29, 0.717) is 42.0 Å². The minimum Gasteiger partial charge on any atom is -0.493 e. The van der Waals surface area contributed by atoms with Crippen molar-refractivity contribution in [3.05, 3.63) is 66.0 Å². The fourth-order valence-corrected chi connectivity index (χ4v) is 4.03. The second kappa shape index (κ2) is 10.9. The van der Waals surface area contributed by atoms with Gasteiger partial charge in [-0.15, -0.1) is 0 Å². The van der Waals surface area contributed by atoms with E-state index in [1.54, 1.807) is 26.6 Å². The number of hydrogen-bond donors (Lipinski definition) is 1. The summed E-state index contributed by atoms with van der Waals surface area (Å²) in [5, 5.41) is 3.06. The molecule has 3 aromatic rings. The molecule has 0 bridgehead atoms. The summed E-state index contributed by atoms with van der Waals surface area (Å²) < 4.78 is 16.7. The predicted molar refractivity (Wildman–Crippen MR) is 130 cm³/mol. The van der Waals surface area contributed by atoms with Gasteiger partial charge in [-0.2, -0.15) is 0 Å². The Morgan fingerprint density at radius 3 is 2.59 bits per heavy atom. The summed E-state index contributed by atoms with van der Waals surface area (Å²) in [7, 11) is 3.20. The van der Waals surface area contributed by atoms with Gasteiger partial charge in [-0.25, -0.2) is 9.97 Å². The van der Waals surface area contributed by atoms with Crippen molar-refractivity contribution in [2.24, 2.45) is 5.92 Å². The zero-order valence-electron chi connectivity index (χ0n) is 19.8. The van der Waals surface area contributed by atoms with E-state index in [1.807, 2.05) is 49.4 Å². The topological polar surface area (TPSA) is 85.8 Å². The molecule has 1 saturated heterocycles. The highest BCUT2D eigenvalue weighted by molar-refractivity contribution is 5.79. The third-order valence-electron chi connectivity index (χ3n) is 5.89. The van der Waals surface area contributed by atoms with Crippen LogP contribution in [-0.4, -0.2) is 43.2 Å². The van der Waals surface area contributed by atoms with Gasteiger partial charge in [0, 0.05) is 32.0 Å². The maximum atomic E-state index is 13.0. The van der Waals surface area contributed by atoms with Crippen LogP contribution in [0.15, 0.2) is 54.9 Å². The lowest BCUT2D eigenvalue weighted by Crippen LogP contribution is -2.43. The lowest BCUT2D eigenvalue weighted by molar-refractivity contribution is -0.125. The quantitative estimate of drug-likeness (QED) is 0.539. The van der Waals surface area contributed by atoms with Crippen molar-refractivity contribution in [2.45, 2.75) is 26.3 Å². The van der Waals surface area contributed by atoms with Gasteiger partial charge < -0.3 is 24.4 Å². The van der Waals surface area contributed by atoms with E-state index in [-0.39, 0.29) is 11.8 Å². The SMILES string of the molecule is COc1ccc(CNC(=O)[C@H]2CCCN(c3nccnc3Oc3ccc(C)cc3)C2)cc1OC. The van der Waals surface area contributed by atoms with Crippen LogP contribution in [0.2, 0.25) is 0 Å². The Kier molecular flexibility index (Phi) is 7.47. The highest BCUT2D eigenvalue weighted by Crippen LogP contribution is 2.31. The molecule has 1 aliphatic heterocycles. The third kappa shape index (κ3) is 5.57. The Bertz CT molecular complexity index is 1120. The zero-order chi connectivity index (χ0) is 23.9. The molecule has 1 N–H and O–H groups in total. The number of carbonyl (C=O) groups excluding carboxylic acids is 1. The van der Waals surface area contributed by atoms with Gasteiger partial charge in [-0.3, -0.25) is 4.79 Å². The first-order chi connectivity index (χ1) is 16.6. The maximum Gasteiger partial charge on any atom is 0.263 e. The average molecular weight is 463 g/mol. The van der Waals surface area contributed by atoms with Gasteiger partial charge in [0.25, 0.3) is 5.88 Å². The van der Waals surface area contributed by atoms with Crippen LogP contribution in [-0.2, 0) is 11.3 Å². The molecule has 1 fully saturated rings. The van der Waals surface area contributed by atoms with Gasteiger partial charge in [0.1, 0.15) is 5.75 Å². The van der Waals surface area contributed by atoms with E-state index in [0.717, 1.165) is 30.5 Å². The number of rotatable bonds is 8. The van der Waals surface area contributed by atoms with Gasteiger partial charge in [-0.1, -0.05) is 23.8 Å². The number of aromatic nitrogens is 2. The number of amides is 1. The van der Waals surface area contributed by atoms with Gasteiger partial charge >= 0.3 is 0 Å². The molecule has 2 aromatic carbocycles. The smallest absolute Gasteiger partial charge is 0.263 e. The molecule has 4 rings (SSSR count). The minimum atomic E-state index is -0.150. The van der Waals surface area contributed by atoms with Crippen molar-refractivity contribution in [1.29, 1.82) is 0 Å². The fraction of sp³-hybridized carbons (Fsp3) is 0.346. The van der Waals surface area contributed by atoms with E-state index in [2.05, 4.69) is 20.2 Å². The minimum absolute atomic E-state index is 0.0179. The normalized spacial score (nSPS) is 15.5. The number of nitrogens with zero attached hydrogens (tertiary/aromatic N) is 3. The Morgan fingerprint density at radius 2 is 1.82 bits per heavy atom. The molecular weight excluding hydrogens is 432 g/mol. The van der Waals surface area contributed by atoms with Crippen LogP contribution < -0.4 is 24.4 Å². The molecule has 8 nitrogen and oxygen atoms in total. The molecule has 0 aliphatic carbocycles. The summed E-state index contributed by atoms with van der Waals surface area (Å²) in [4.78, 5) is 24.0. The fourth-order valence-electron chi connectivity index (χ4n) is 4.03. The van der Waals surface area contributed by atoms with Crippen LogP contribution in [0.3, 0.4) is 0 Å². The number of ether oxygens (including phenoxy) is 3. The molecular formula is C26H30N4O4. The van der Waals surface area contributed by atoms with E-state index in [1.165, 1.54) is 0 Å². The molecule has 2 heterocycles. The monoisotopic (exact) mass is 462 g/mol. The first-order valence-corrected chi connectivity index (χ1v) is 11.4.